The number of aromatic amines is 1. The maximum absolute atomic E-state index is 5.10. The normalized spacial score (nSPS) is 13.5. The minimum absolute atomic E-state index is 0.154. The van der Waals surface area contributed by atoms with Crippen LogP contribution in [-0.2, 0) is 11.8 Å². The molecule has 0 aliphatic rings. The number of aryl methyl sites for hydroxylation is 1. The van der Waals surface area contributed by atoms with Gasteiger partial charge in [-0.15, -0.1) is 4.68 Å². The Hall–Kier alpha value is -0.830. The molecule has 1 N–H and O–H groups in total. The van der Waals surface area contributed by atoms with Crippen LogP contribution in [0, 0.1) is 0 Å². The predicted octanol–water partition coefficient (Wildman–Crippen LogP) is 0.547. The topological polar surface area (TPSA) is 28.9 Å². The molecule has 3 heteroatoms. The van der Waals surface area contributed by atoms with Crippen LogP contribution >= 0.6 is 0 Å². The Bertz CT molecular complexity index is 207. The van der Waals surface area contributed by atoms with E-state index in [2.05, 4.69) is 5.10 Å². The highest BCUT2D eigenvalue weighted by Crippen LogP contribution is 2.09. The highest BCUT2D eigenvalue weighted by atomic mass is 16.5. The average molecular weight is 141 g/mol. The van der Waals surface area contributed by atoms with E-state index in [0.717, 1.165) is 5.69 Å². The lowest BCUT2D eigenvalue weighted by Crippen LogP contribution is -2.28. The Balaban J connectivity index is 2.74. The number of rotatable bonds is 2. The maximum atomic E-state index is 5.10. The van der Waals surface area contributed by atoms with Crippen molar-refractivity contribution in [3.05, 3.63) is 18.0 Å². The summed E-state index contributed by atoms with van der Waals surface area (Å²) in [6.07, 6.45) is 2.12. The highest BCUT2D eigenvalue weighted by Gasteiger charge is 2.07. The number of aromatic nitrogens is 2. The van der Waals surface area contributed by atoms with Crippen molar-refractivity contribution >= 4 is 0 Å². The fourth-order valence-electron chi connectivity index (χ4n) is 0.824. The molecule has 1 aromatic heterocycles. The Morgan fingerprint density at radius 1 is 1.70 bits per heavy atom. The van der Waals surface area contributed by atoms with Gasteiger partial charge in [0.25, 0.3) is 0 Å². The Morgan fingerprint density at radius 3 is 2.80 bits per heavy atom. The van der Waals surface area contributed by atoms with E-state index in [1.54, 1.807) is 7.11 Å². The van der Waals surface area contributed by atoms with Crippen LogP contribution in [-0.4, -0.2) is 12.2 Å². The van der Waals surface area contributed by atoms with Crippen molar-refractivity contribution in [2.24, 2.45) is 7.05 Å². The minimum atomic E-state index is 0.154. The molecule has 1 atom stereocenters. The van der Waals surface area contributed by atoms with Gasteiger partial charge in [-0.3, -0.25) is 0 Å². The van der Waals surface area contributed by atoms with Crippen molar-refractivity contribution in [2.75, 3.05) is 7.11 Å². The first-order valence-electron chi connectivity index (χ1n) is 3.31. The number of ether oxygens (including phenoxy) is 1. The van der Waals surface area contributed by atoms with E-state index in [0.29, 0.717) is 0 Å². The molecule has 10 heavy (non-hydrogen) atoms. The van der Waals surface area contributed by atoms with Crippen LogP contribution in [0.2, 0.25) is 0 Å². The predicted molar refractivity (Wildman–Crippen MR) is 37.4 cm³/mol. The fraction of sp³-hybridized carbons (Fsp3) is 0.571. The molecule has 0 aliphatic carbocycles. The van der Waals surface area contributed by atoms with Gasteiger partial charge in [-0.1, -0.05) is 0 Å². The molecule has 0 fully saturated rings. The molecular formula is C7H13N2O+. The third-order valence-corrected chi connectivity index (χ3v) is 1.57. The van der Waals surface area contributed by atoms with Gasteiger partial charge in [0, 0.05) is 13.2 Å². The lowest BCUT2D eigenvalue weighted by atomic mass is 10.3. The molecular weight excluding hydrogens is 128 g/mol. The van der Waals surface area contributed by atoms with Crippen molar-refractivity contribution in [2.45, 2.75) is 13.0 Å². The zero-order valence-electron chi connectivity index (χ0n) is 6.59. The number of nitrogens with one attached hydrogen (secondary N) is 1. The van der Waals surface area contributed by atoms with Crippen LogP contribution in [0.25, 0.3) is 0 Å². The van der Waals surface area contributed by atoms with Crippen LogP contribution in [0.5, 0.6) is 0 Å². The van der Waals surface area contributed by atoms with E-state index in [9.17, 15) is 0 Å². The number of nitrogens with zero attached hydrogens (tertiary/aromatic N) is 1. The van der Waals surface area contributed by atoms with Crippen LogP contribution < -0.4 is 4.68 Å². The van der Waals surface area contributed by atoms with Gasteiger partial charge in [0.2, 0.25) is 0 Å². The molecule has 0 aliphatic heterocycles. The molecule has 0 saturated carbocycles. The lowest BCUT2D eigenvalue weighted by molar-refractivity contribution is -0.727. The van der Waals surface area contributed by atoms with Gasteiger partial charge < -0.3 is 4.74 Å². The standard InChI is InChI=1S/C7H12N2O/c1-6(10-3)7-4-5-9(2)8-7/h4-6H,1-3H3/p+1. The number of hydrogen-bond donors (Lipinski definition) is 1. The second-order valence-electron chi connectivity index (χ2n) is 2.37. The third kappa shape index (κ3) is 1.36. The second-order valence-corrected chi connectivity index (χ2v) is 2.37. The molecule has 3 nitrogen and oxygen atoms in total. The largest absolute Gasteiger partial charge is 0.375 e. The summed E-state index contributed by atoms with van der Waals surface area (Å²) in [5.74, 6) is 0. The van der Waals surface area contributed by atoms with Crippen LogP contribution in [0.4, 0.5) is 0 Å². The van der Waals surface area contributed by atoms with Gasteiger partial charge in [0.15, 0.2) is 13.2 Å². The molecule has 0 spiro atoms. The van der Waals surface area contributed by atoms with E-state index in [1.165, 1.54) is 0 Å². The smallest absolute Gasteiger partial charge is 0.195 e. The average Bonchev–Trinajstić information content (AvgIpc) is 2.34. The molecule has 0 radical (unpaired) electrons. The third-order valence-electron chi connectivity index (χ3n) is 1.57. The zero-order valence-corrected chi connectivity index (χ0v) is 6.59. The van der Waals surface area contributed by atoms with Crippen molar-refractivity contribution < 1.29 is 9.42 Å². The van der Waals surface area contributed by atoms with Crippen LogP contribution in [0.15, 0.2) is 12.3 Å². The van der Waals surface area contributed by atoms with Crippen molar-refractivity contribution in [1.29, 1.82) is 0 Å². The fourth-order valence-corrected chi connectivity index (χ4v) is 0.824. The van der Waals surface area contributed by atoms with E-state index < -0.39 is 0 Å². The van der Waals surface area contributed by atoms with Crippen LogP contribution in [0.3, 0.4) is 0 Å². The summed E-state index contributed by atoms with van der Waals surface area (Å²) in [7, 11) is 3.65. The summed E-state index contributed by atoms with van der Waals surface area (Å²) in [4.78, 5) is 0. The first-order valence-corrected chi connectivity index (χ1v) is 3.31. The van der Waals surface area contributed by atoms with Gasteiger partial charge in [0.1, 0.15) is 5.69 Å². The molecule has 1 rings (SSSR count). The Morgan fingerprint density at radius 2 is 2.40 bits per heavy atom. The van der Waals surface area contributed by atoms with Crippen molar-refractivity contribution in [3.63, 3.8) is 0 Å². The van der Waals surface area contributed by atoms with Gasteiger partial charge >= 0.3 is 0 Å². The number of hydrogen-bond acceptors (Lipinski definition) is 1. The summed E-state index contributed by atoms with van der Waals surface area (Å²) in [6.45, 7) is 2.01. The molecule has 1 aromatic rings. The van der Waals surface area contributed by atoms with Crippen molar-refractivity contribution in [1.82, 2.24) is 5.10 Å². The summed E-state index contributed by atoms with van der Waals surface area (Å²) >= 11 is 0. The summed E-state index contributed by atoms with van der Waals surface area (Å²) in [6, 6.07) is 2.01. The molecule has 0 saturated heterocycles. The lowest BCUT2D eigenvalue weighted by Gasteiger charge is -2.02. The second kappa shape index (κ2) is 2.84. The van der Waals surface area contributed by atoms with E-state index in [1.807, 2.05) is 30.9 Å². The molecule has 1 heterocycles. The van der Waals surface area contributed by atoms with Crippen molar-refractivity contribution in [3.8, 4) is 0 Å². The molecule has 0 aromatic carbocycles. The summed E-state index contributed by atoms with van der Waals surface area (Å²) < 4.78 is 7.00. The van der Waals surface area contributed by atoms with Gasteiger partial charge in [0.05, 0.1) is 6.10 Å². The first kappa shape index (κ1) is 7.28. The molecule has 0 bridgehead atoms. The van der Waals surface area contributed by atoms with E-state index in [4.69, 9.17) is 4.74 Å². The quantitative estimate of drug-likeness (QED) is 0.598. The Kier molecular flexibility index (Phi) is 2.06. The van der Waals surface area contributed by atoms with Gasteiger partial charge in [-0.25, -0.2) is 0 Å². The SMILES string of the molecule is COC(C)c1cc[n+](C)[nH]1. The molecule has 1 unspecified atom stereocenters. The number of H-pyrrole nitrogens is 1. The van der Waals surface area contributed by atoms with E-state index in [-0.39, 0.29) is 6.10 Å². The summed E-state index contributed by atoms with van der Waals surface area (Å²) in [5, 5.41) is 3.12. The molecule has 0 amide bonds. The minimum Gasteiger partial charge on any atom is -0.375 e. The van der Waals surface area contributed by atoms with Crippen LogP contribution in [0.1, 0.15) is 18.7 Å². The Labute approximate surface area is 60.6 Å². The number of methoxy groups -OCH3 is 1. The highest BCUT2D eigenvalue weighted by molar-refractivity contribution is 4.97. The maximum Gasteiger partial charge on any atom is 0.195 e. The molecule has 56 valence electrons. The zero-order chi connectivity index (χ0) is 7.56. The summed E-state index contributed by atoms with van der Waals surface area (Å²) in [5.41, 5.74) is 1.10. The first-order chi connectivity index (χ1) is 4.74. The monoisotopic (exact) mass is 141 g/mol. The van der Waals surface area contributed by atoms with E-state index >= 15 is 0 Å². The van der Waals surface area contributed by atoms with Gasteiger partial charge in [-0.2, -0.15) is 5.10 Å². The van der Waals surface area contributed by atoms with Gasteiger partial charge in [-0.05, 0) is 6.92 Å².